The van der Waals surface area contributed by atoms with Gasteiger partial charge in [0.25, 0.3) is 11.1 Å². The summed E-state index contributed by atoms with van der Waals surface area (Å²) in [7, 11) is 0. The van der Waals surface area contributed by atoms with Crippen LogP contribution in [0.1, 0.15) is 28.1 Å². The second-order valence-electron chi connectivity index (χ2n) is 3.32. The van der Waals surface area contributed by atoms with Gasteiger partial charge in [-0.2, -0.15) is 0 Å². The average Bonchev–Trinajstić information content (AvgIpc) is 2.88. The summed E-state index contributed by atoms with van der Waals surface area (Å²) in [6.45, 7) is 1.88. The van der Waals surface area contributed by atoms with Crippen LogP contribution in [-0.4, -0.2) is 38.9 Å². The Kier molecular flexibility index (Phi) is 4.25. The second-order valence-corrected chi connectivity index (χ2v) is 4.29. The number of hydrogen-bond donors (Lipinski definition) is 1. The SMILES string of the molecule is CCOC(=O)c1nnc(Sc2ccc(C(N)=O)nn2)o1. The minimum atomic E-state index is -0.693. The van der Waals surface area contributed by atoms with Crippen LogP contribution < -0.4 is 5.73 Å². The van der Waals surface area contributed by atoms with Crippen LogP contribution in [0.15, 0.2) is 26.8 Å². The molecule has 0 fully saturated rings. The van der Waals surface area contributed by atoms with Crippen molar-refractivity contribution in [2.24, 2.45) is 5.73 Å². The summed E-state index contributed by atoms with van der Waals surface area (Å²) >= 11 is 0.991. The molecule has 1 amide bonds. The van der Waals surface area contributed by atoms with Crippen molar-refractivity contribution < 1.29 is 18.7 Å². The molecular formula is C10H9N5O4S. The summed E-state index contributed by atoms with van der Waals surface area (Å²) in [5.74, 6) is -1.60. The van der Waals surface area contributed by atoms with Crippen molar-refractivity contribution in [3.05, 3.63) is 23.7 Å². The summed E-state index contributed by atoms with van der Waals surface area (Å²) in [6.07, 6.45) is 0. The van der Waals surface area contributed by atoms with E-state index in [0.29, 0.717) is 5.03 Å². The van der Waals surface area contributed by atoms with Crippen LogP contribution in [0, 0.1) is 0 Å². The molecule has 0 atom stereocenters. The number of carbonyl (C=O) groups is 2. The summed E-state index contributed by atoms with van der Waals surface area (Å²) in [6, 6.07) is 2.94. The van der Waals surface area contributed by atoms with Crippen molar-refractivity contribution >= 4 is 23.6 Å². The average molecular weight is 295 g/mol. The molecule has 104 valence electrons. The van der Waals surface area contributed by atoms with Crippen LogP contribution in [0.5, 0.6) is 0 Å². The lowest BCUT2D eigenvalue weighted by molar-refractivity contribution is 0.0475. The zero-order valence-electron chi connectivity index (χ0n) is 10.3. The van der Waals surface area contributed by atoms with Gasteiger partial charge in [-0.15, -0.1) is 15.3 Å². The van der Waals surface area contributed by atoms with Crippen molar-refractivity contribution in [3.8, 4) is 0 Å². The molecule has 2 aromatic rings. The molecule has 0 bridgehead atoms. The molecule has 2 aromatic heterocycles. The van der Waals surface area contributed by atoms with Gasteiger partial charge in [0, 0.05) is 0 Å². The largest absolute Gasteiger partial charge is 0.459 e. The molecule has 2 rings (SSSR count). The Hall–Kier alpha value is -2.49. The molecule has 0 aliphatic rings. The monoisotopic (exact) mass is 295 g/mol. The fraction of sp³-hybridized carbons (Fsp3) is 0.200. The highest BCUT2D eigenvalue weighted by atomic mass is 32.2. The molecule has 0 radical (unpaired) electrons. The Morgan fingerprint density at radius 3 is 2.70 bits per heavy atom. The maximum Gasteiger partial charge on any atom is 0.396 e. The number of carbonyl (C=O) groups excluding carboxylic acids is 2. The number of nitrogens with two attached hydrogens (primary N) is 1. The van der Waals surface area contributed by atoms with E-state index in [-0.39, 0.29) is 23.4 Å². The minimum Gasteiger partial charge on any atom is -0.459 e. The number of nitrogens with zero attached hydrogens (tertiary/aromatic N) is 4. The topological polar surface area (TPSA) is 134 Å². The first-order chi connectivity index (χ1) is 9.60. The number of hydrogen-bond acceptors (Lipinski definition) is 9. The van der Waals surface area contributed by atoms with E-state index >= 15 is 0 Å². The zero-order valence-corrected chi connectivity index (χ0v) is 11.1. The minimum absolute atomic E-state index is 0.0482. The third kappa shape index (κ3) is 3.29. The fourth-order valence-electron chi connectivity index (χ4n) is 1.12. The summed E-state index contributed by atoms with van der Waals surface area (Å²) < 4.78 is 9.80. The molecule has 0 saturated heterocycles. The van der Waals surface area contributed by atoms with Gasteiger partial charge in [0.15, 0.2) is 5.69 Å². The summed E-state index contributed by atoms with van der Waals surface area (Å²) in [4.78, 5) is 22.2. The maximum atomic E-state index is 11.3. The van der Waals surface area contributed by atoms with Gasteiger partial charge in [-0.1, -0.05) is 5.10 Å². The predicted molar refractivity (Wildman–Crippen MR) is 64.9 cm³/mol. The Labute approximate surface area is 116 Å². The maximum absolute atomic E-state index is 11.3. The van der Waals surface area contributed by atoms with Crippen LogP contribution in [0.2, 0.25) is 0 Å². The van der Waals surface area contributed by atoms with Crippen molar-refractivity contribution in [1.29, 1.82) is 0 Å². The third-order valence-corrected chi connectivity index (χ3v) is 2.71. The van der Waals surface area contributed by atoms with E-state index in [4.69, 9.17) is 14.9 Å². The van der Waals surface area contributed by atoms with Gasteiger partial charge in [0.1, 0.15) is 5.03 Å². The van der Waals surface area contributed by atoms with E-state index < -0.39 is 11.9 Å². The van der Waals surface area contributed by atoms with Crippen molar-refractivity contribution in [2.45, 2.75) is 17.2 Å². The molecule has 0 aromatic carbocycles. The molecule has 9 nitrogen and oxygen atoms in total. The number of amides is 1. The van der Waals surface area contributed by atoms with Gasteiger partial charge in [-0.25, -0.2) is 4.79 Å². The predicted octanol–water partition coefficient (Wildman–Crippen LogP) is 0.286. The Morgan fingerprint density at radius 1 is 1.30 bits per heavy atom. The van der Waals surface area contributed by atoms with Gasteiger partial charge in [-0.05, 0) is 30.8 Å². The lowest BCUT2D eigenvalue weighted by Crippen LogP contribution is -2.13. The number of primary amides is 1. The first-order valence-corrected chi connectivity index (χ1v) is 6.23. The molecule has 20 heavy (non-hydrogen) atoms. The van der Waals surface area contributed by atoms with E-state index in [1.54, 1.807) is 6.92 Å². The molecule has 2 N–H and O–H groups in total. The molecule has 0 spiro atoms. The standard InChI is InChI=1S/C10H9N5O4S/c1-2-18-9(17)8-14-15-10(19-8)20-6-4-3-5(7(11)16)12-13-6/h3-4H,2H2,1H3,(H2,11,16). The highest BCUT2D eigenvalue weighted by Gasteiger charge is 2.17. The lowest BCUT2D eigenvalue weighted by Gasteiger charge is -1.96. The van der Waals surface area contributed by atoms with Gasteiger partial charge in [0.05, 0.1) is 6.61 Å². The first-order valence-electron chi connectivity index (χ1n) is 5.42. The lowest BCUT2D eigenvalue weighted by atomic mass is 10.4. The van der Waals surface area contributed by atoms with Gasteiger partial charge in [-0.3, -0.25) is 4.79 Å². The Balaban J connectivity index is 2.06. The molecule has 0 unspecified atom stereocenters. The van der Waals surface area contributed by atoms with E-state index in [1.807, 2.05) is 0 Å². The molecular weight excluding hydrogens is 286 g/mol. The number of ether oxygens (including phenoxy) is 1. The van der Waals surface area contributed by atoms with Crippen LogP contribution in [0.4, 0.5) is 0 Å². The van der Waals surface area contributed by atoms with E-state index in [0.717, 1.165) is 11.8 Å². The van der Waals surface area contributed by atoms with Gasteiger partial charge >= 0.3 is 11.9 Å². The van der Waals surface area contributed by atoms with Gasteiger partial charge in [0.2, 0.25) is 0 Å². The fourth-order valence-corrected chi connectivity index (χ4v) is 1.72. The summed E-state index contributed by atoms with van der Waals surface area (Å²) in [5.41, 5.74) is 5.09. The van der Waals surface area contributed by atoms with E-state index in [1.165, 1.54) is 12.1 Å². The van der Waals surface area contributed by atoms with Crippen molar-refractivity contribution in [1.82, 2.24) is 20.4 Å². The van der Waals surface area contributed by atoms with Crippen molar-refractivity contribution in [2.75, 3.05) is 6.61 Å². The van der Waals surface area contributed by atoms with Crippen LogP contribution in [0.25, 0.3) is 0 Å². The van der Waals surface area contributed by atoms with E-state index in [9.17, 15) is 9.59 Å². The number of aromatic nitrogens is 4. The van der Waals surface area contributed by atoms with Crippen LogP contribution >= 0.6 is 11.8 Å². The summed E-state index contributed by atoms with van der Waals surface area (Å²) in [5, 5.41) is 15.1. The smallest absolute Gasteiger partial charge is 0.396 e. The molecule has 10 heteroatoms. The number of esters is 1. The second kappa shape index (κ2) is 6.10. The molecule has 0 saturated carbocycles. The third-order valence-electron chi connectivity index (χ3n) is 1.94. The van der Waals surface area contributed by atoms with Crippen molar-refractivity contribution in [3.63, 3.8) is 0 Å². The highest BCUT2D eigenvalue weighted by Crippen LogP contribution is 2.24. The van der Waals surface area contributed by atoms with Crippen LogP contribution in [-0.2, 0) is 4.74 Å². The highest BCUT2D eigenvalue weighted by molar-refractivity contribution is 7.99. The van der Waals surface area contributed by atoms with Gasteiger partial charge < -0.3 is 14.9 Å². The normalized spacial score (nSPS) is 10.2. The number of rotatable bonds is 5. The molecule has 0 aliphatic carbocycles. The Morgan fingerprint density at radius 2 is 2.10 bits per heavy atom. The molecule has 2 heterocycles. The first kappa shape index (κ1) is 13.9. The molecule has 0 aliphatic heterocycles. The van der Waals surface area contributed by atoms with Crippen LogP contribution in [0.3, 0.4) is 0 Å². The Bertz CT molecular complexity index is 627. The van der Waals surface area contributed by atoms with E-state index in [2.05, 4.69) is 20.4 Å². The quantitative estimate of drug-likeness (QED) is 0.772. The zero-order chi connectivity index (χ0) is 14.5.